The summed E-state index contributed by atoms with van der Waals surface area (Å²) in [5.41, 5.74) is 2.19. The number of pyridine rings is 1. The van der Waals surface area contributed by atoms with Crippen molar-refractivity contribution < 1.29 is 23.4 Å². The van der Waals surface area contributed by atoms with Crippen molar-refractivity contribution in [3.8, 4) is 17.4 Å². The second kappa shape index (κ2) is 8.36. The van der Waals surface area contributed by atoms with Crippen molar-refractivity contribution >= 4 is 28.2 Å². The monoisotopic (exact) mass is 433 g/mol. The standard InChI is InChI=1S/C19H23N5O5S/c1-19(2,3)29-18(26)24(4)9-11-7-15-13(20-11)5-6-14(22-15)17-21-12(10-30(27)28)8-16(25)23-17/h5-8,20H,9-10H2,1-4H3,(H,27,28)(H,21,23,25). The van der Waals surface area contributed by atoms with Crippen LogP contribution < -0.4 is 0 Å². The van der Waals surface area contributed by atoms with Gasteiger partial charge >= 0.3 is 6.09 Å². The molecule has 3 N–H and O–H groups in total. The van der Waals surface area contributed by atoms with Gasteiger partial charge in [-0.15, -0.1) is 0 Å². The minimum Gasteiger partial charge on any atom is -0.493 e. The summed E-state index contributed by atoms with van der Waals surface area (Å²) < 4.78 is 25.4. The number of aromatic nitrogens is 4. The zero-order valence-corrected chi connectivity index (χ0v) is 17.9. The van der Waals surface area contributed by atoms with E-state index in [0.717, 1.165) is 11.2 Å². The zero-order chi connectivity index (χ0) is 22.1. The van der Waals surface area contributed by atoms with E-state index in [1.165, 1.54) is 11.0 Å². The third-order valence-corrected chi connectivity index (χ3v) is 4.45. The van der Waals surface area contributed by atoms with Gasteiger partial charge in [0.1, 0.15) is 11.3 Å². The molecule has 3 aromatic rings. The summed E-state index contributed by atoms with van der Waals surface area (Å²) in [7, 11) is 1.64. The molecule has 0 aliphatic rings. The quantitative estimate of drug-likeness (QED) is 0.522. The average Bonchev–Trinajstić information content (AvgIpc) is 3.00. The topological polar surface area (TPSA) is 142 Å². The van der Waals surface area contributed by atoms with Gasteiger partial charge in [-0.05, 0) is 39.0 Å². The minimum absolute atomic E-state index is 0.144. The average molecular weight is 433 g/mol. The Hall–Kier alpha value is -3.05. The highest BCUT2D eigenvalue weighted by molar-refractivity contribution is 7.78. The Bertz CT molecular complexity index is 1110. The van der Waals surface area contributed by atoms with Crippen molar-refractivity contribution in [1.82, 2.24) is 24.8 Å². The van der Waals surface area contributed by atoms with E-state index in [9.17, 15) is 14.1 Å². The van der Waals surface area contributed by atoms with E-state index in [4.69, 9.17) is 9.29 Å². The first-order valence-corrected chi connectivity index (χ1v) is 10.4. The Kier molecular flexibility index (Phi) is 6.04. The molecule has 0 spiro atoms. The smallest absolute Gasteiger partial charge is 0.410 e. The maximum atomic E-state index is 12.2. The van der Waals surface area contributed by atoms with Crippen LogP contribution in [0.2, 0.25) is 0 Å². The zero-order valence-electron chi connectivity index (χ0n) is 17.0. The molecule has 30 heavy (non-hydrogen) atoms. The molecule has 1 atom stereocenters. The number of nitrogens with zero attached hydrogens (tertiary/aromatic N) is 4. The molecule has 3 aromatic heterocycles. The van der Waals surface area contributed by atoms with Gasteiger partial charge in [-0.1, -0.05) is 0 Å². The van der Waals surface area contributed by atoms with Crippen molar-refractivity contribution in [1.29, 1.82) is 0 Å². The van der Waals surface area contributed by atoms with Crippen LogP contribution in [-0.4, -0.2) is 57.4 Å². The lowest BCUT2D eigenvalue weighted by Gasteiger charge is -2.24. The molecule has 0 aliphatic carbocycles. The number of H-pyrrole nitrogens is 1. The normalized spacial score (nSPS) is 12.7. The summed E-state index contributed by atoms with van der Waals surface area (Å²) in [6, 6.07) is 6.49. The number of nitrogens with one attached hydrogen (secondary N) is 1. The molecule has 160 valence electrons. The van der Waals surface area contributed by atoms with Crippen LogP contribution in [0.4, 0.5) is 4.79 Å². The number of aromatic hydroxyl groups is 1. The Balaban J connectivity index is 1.84. The van der Waals surface area contributed by atoms with Crippen molar-refractivity contribution in [2.45, 2.75) is 38.7 Å². The third kappa shape index (κ3) is 5.51. The number of carbonyl (C=O) groups is 1. The molecule has 11 heteroatoms. The highest BCUT2D eigenvalue weighted by Gasteiger charge is 2.20. The fourth-order valence-corrected chi connectivity index (χ4v) is 3.13. The maximum Gasteiger partial charge on any atom is 0.410 e. The third-order valence-electron chi connectivity index (χ3n) is 3.91. The lowest BCUT2D eigenvalue weighted by atomic mass is 10.2. The van der Waals surface area contributed by atoms with Crippen molar-refractivity contribution in [2.75, 3.05) is 7.05 Å². The molecule has 0 aromatic carbocycles. The number of rotatable bonds is 5. The summed E-state index contributed by atoms with van der Waals surface area (Å²) in [4.78, 5) is 29.5. The molecule has 0 fully saturated rings. The molecular weight excluding hydrogens is 410 g/mol. The first kappa shape index (κ1) is 21.7. The van der Waals surface area contributed by atoms with Crippen LogP contribution >= 0.6 is 0 Å². The Labute approximate surface area is 175 Å². The van der Waals surface area contributed by atoms with Gasteiger partial charge in [0.15, 0.2) is 16.9 Å². The molecule has 0 saturated carbocycles. The molecule has 0 saturated heterocycles. The molecular formula is C19H23N5O5S. The van der Waals surface area contributed by atoms with E-state index < -0.39 is 22.8 Å². The van der Waals surface area contributed by atoms with E-state index in [1.54, 1.807) is 46.0 Å². The van der Waals surface area contributed by atoms with Gasteiger partial charge in [-0.25, -0.2) is 19.0 Å². The number of hydrogen-bond acceptors (Lipinski definition) is 7. The first-order chi connectivity index (χ1) is 14.0. The van der Waals surface area contributed by atoms with Crippen LogP contribution in [-0.2, 0) is 28.1 Å². The SMILES string of the molecule is CN(Cc1cc2nc(-c3nc(O)cc(CS(=O)O)n3)ccc2[nH]1)C(=O)OC(C)(C)C. The Morgan fingerprint density at radius 3 is 2.63 bits per heavy atom. The van der Waals surface area contributed by atoms with Crippen molar-refractivity contribution in [2.24, 2.45) is 0 Å². The molecule has 1 unspecified atom stereocenters. The van der Waals surface area contributed by atoms with Gasteiger partial charge < -0.3 is 24.3 Å². The fourth-order valence-electron chi connectivity index (χ4n) is 2.73. The predicted octanol–water partition coefficient (Wildman–Crippen LogP) is 2.81. The van der Waals surface area contributed by atoms with Gasteiger partial charge in [0.05, 0.1) is 29.0 Å². The Morgan fingerprint density at radius 1 is 1.23 bits per heavy atom. The van der Waals surface area contributed by atoms with Crippen LogP contribution in [0.5, 0.6) is 5.88 Å². The second-order valence-corrected chi connectivity index (χ2v) is 8.70. The highest BCUT2D eigenvalue weighted by atomic mass is 32.2. The number of hydrogen-bond donors (Lipinski definition) is 3. The van der Waals surface area contributed by atoms with Gasteiger partial charge in [0.2, 0.25) is 5.88 Å². The molecule has 10 nitrogen and oxygen atoms in total. The molecule has 0 radical (unpaired) electrons. The number of aromatic amines is 1. The summed E-state index contributed by atoms with van der Waals surface area (Å²) in [6.07, 6.45) is -0.434. The van der Waals surface area contributed by atoms with Crippen LogP contribution in [0, 0.1) is 0 Å². The number of carbonyl (C=O) groups excluding carboxylic acids is 1. The summed E-state index contributed by atoms with van der Waals surface area (Å²) in [5.74, 6) is -0.390. The van der Waals surface area contributed by atoms with Gasteiger partial charge in [0, 0.05) is 18.8 Å². The lowest BCUT2D eigenvalue weighted by Crippen LogP contribution is -2.33. The molecule has 3 rings (SSSR count). The summed E-state index contributed by atoms with van der Waals surface area (Å²) in [5, 5.41) is 9.80. The fraction of sp³-hybridized carbons (Fsp3) is 0.368. The molecule has 0 aliphatic heterocycles. The number of fused-ring (bicyclic) bond motifs is 1. The Morgan fingerprint density at radius 2 is 1.97 bits per heavy atom. The van der Waals surface area contributed by atoms with Crippen LogP contribution in [0.25, 0.3) is 22.6 Å². The van der Waals surface area contributed by atoms with E-state index >= 15 is 0 Å². The molecule has 3 heterocycles. The van der Waals surface area contributed by atoms with Crippen molar-refractivity contribution in [3.05, 3.63) is 35.7 Å². The maximum absolute atomic E-state index is 12.2. The van der Waals surface area contributed by atoms with E-state index in [0.29, 0.717) is 17.8 Å². The molecule has 1 amide bonds. The van der Waals surface area contributed by atoms with Gasteiger partial charge in [-0.2, -0.15) is 4.98 Å². The first-order valence-electron chi connectivity index (χ1n) is 9.08. The lowest BCUT2D eigenvalue weighted by molar-refractivity contribution is 0.0283. The van der Waals surface area contributed by atoms with Gasteiger partial charge in [-0.3, -0.25) is 0 Å². The van der Waals surface area contributed by atoms with E-state index in [1.807, 2.05) is 0 Å². The largest absolute Gasteiger partial charge is 0.493 e. The molecule has 0 bridgehead atoms. The van der Waals surface area contributed by atoms with Crippen LogP contribution in [0.3, 0.4) is 0 Å². The highest BCUT2D eigenvalue weighted by Crippen LogP contribution is 2.22. The van der Waals surface area contributed by atoms with E-state index in [2.05, 4.69) is 19.9 Å². The van der Waals surface area contributed by atoms with Crippen LogP contribution in [0.1, 0.15) is 32.2 Å². The predicted molar refractivity (Wildman–Crippen MR) is 111 cm³/mol. The van der Waals surface area contributed by atoms with Gasteiger partial charge in [0.25, 0.3) is 0 Å². The summed E-state index contributed by atoms with van der Waals surface area (Å²) in [6.45, 7) is 5.72. The van der Waals surface area contributed by atoms with E-state index in [-0.39, 0.29) is 23.2 Å². The minimum atomic E-state index is -2.09. The summed E-state index contributed by atoms with van der Waals surface area (Å²) >= 11 is -2.09. The van der Waals surface area contributed by atoms with Crippen LogP contribution in [0.15, 0.2) is 24.3 Å². The second-order valence-electron chi connectivity index (χ2n) is 7.77. The number of ether oxygens (including phenoxy) is 1. The number of amides is 1. The van der Waals surface area contributed by atoms with Crippen molar-refractivity contribution in [3.63, 3.8) is 0 Å².